The van der Waals surface area contributed by atoms with Crippen molar-refractivity contribution >= 4 is 11.4 Å². The Kier molecular flexibility index (Phi) is 21.7. The van der Waals surface area contributed by atoms with E-state index in [1.165, 1.54) is 143 Å². The zero-order valence-electron chi connectivity index (χ0n) is 32.1. The van der Waals surface area contributed by atoms with Crippen molar-refractivity contribution in [3.8, 4) is 0 Å². The Morgan fingerprint density at radius 2 is 1.10 bits per heavy atom. The van der Waals surface area contributed by atoms with Gasteiger partial charge in [-0.15, -0.1) is 0 Å². The average molecular weight is 665 g/mol. The van der Waals surface area contributed by atoms with Crippen LogP contribution in [-0.2, 0) is 12.8 Å². The summed E-state index contributed by atoms with van der Waals surface area (Å²) >= 11 is 0. The quantitative estimate of drug-likeness (QED) is 0.0470. The average Bonchev–Trinajstić information content (AvgIpc) is 3.45. The minimum Gasteiger partial charge on any atom is -0.493 e. The van der Waals surface area contributed by atoms with Gasteiger partial charge in [0.25, 0.3) is 0 Å². The zero-order chi connectivity index (χ0) is 34.8. The first kappa shape index (κ1) is 40.7. The molecule has 2 nitrogen and oxygen atoms in total. The van der Waals surface area contributed by atoms with Gasteiger partial charge in [-0.3, -0.25) is 0 Å². The lowest BCUT2D eigenvalue weighted by molar-refractivity contribution is -0.344. The van der Waals surface area contributed by atoms with Crippen LogP contribution in [0.25, 0.3) is 16.9 Å². The fraction of sp³-hybridized carbons (Fsp3) is 0.617. The van der Waals surface area contributed by atoms with Crippen molar-refractivity contribution in [1.82, 2.24) is 0 Å². The summed E-state index contributed by atoms with van der Waals surface area (Å²) in [6, 6.07) is 17.6. The van der Waals surface area contributed by atoms with Gasteiger partial charge < -0.3 is 5.53 Å². The van der Waals surface area contributed by atoms with Crippen molar-refractivity contribution in [2.75, 3.05) is 0 Å². The van der Waals surface area contributed by atoms with Crippen LogP contribution in [0, 0.1) is 0 Å². The summed E-state index contributed by atoms with van der Waals surface area (Å²) in [6.07, 6.45) is 41.0. The molecule has 0 bridgehead atoms. The molecule has 1 heterocycles. The van der Waals surface area contributed by atoms with Gasteiger partial charge in [0.2, 0.25) is 11.4 Å². The largest absolute Gasteiger partial charge is 0.493 e. The number of benzene rings is 2. The Hall–Kier alpha value is -2.74. The highest BCUT2D eigenvalue weighted by Crippen LogP contribution is 2.38. The molecule has 49 heavy (non-hydrogen) atoms. The second-order valence-electron chi connectivity index (χ2n) is 14.7. The van der Waals surface area contributed by atoms with E-state index in [2.05, 4.69) is 87.5 Å². The van der Waals surface area contributed by atoms with Gasteiger partial charge in [0.05, 0.1) is 0 Å². The minimum atomic E-state index is 0.928. The summed E-state index contributed by atoms with van der Waals surface area (Å²) in [5.41, 5.74) is 19.8. The van der Waals surface area contributed by atoms with Crippen LogP contribution in [0.1, 0.15) is 197 Å². The van der Waals surface area contributed by atoms with E-state index in [9.17, 15) is 5.53 Å². The molecule has 0 atom stereocenters. The molecule has 1 aliphatic rings. The summed E-state index contributed by atoms with van der Waals surface area (Å²) < 4.78 is 1.49. The maximum absolute atomic E-state index is 11.7. The summed E-state index contributed by atoms with van der Waals surface area (Å²) in [7, 11) is 0. The van der Waals surface area contributed by atoms with Gasteiger partial charge in [-0.25, -0.2) is 4.70 Å². The summed E-state index contributed by atoms with van der Waals surface area (Å²) in [6.45, 7) is 6.80. The number of allylic oxidation sites excluding steroid dienone is 4. The van der Waals surface area contributed by atoms with Gasteiger partial charge in [-0.05, 0) is 87.1 Å². The maximum atomic E-state index is 11.7. The van der Waals surface area contributed by atoms with E-state index < -0.39 is 0 Å². The van der Waals surface area contributed by atoms with E-state index in [-0.39, 0.29) is 0 Å². The molecule has 2 aromatic rings. The highest BCUT2D eigenvalue weighted by atomic mass is 15.2. The smallest absolute Gasteiger partial charge is 0.210 e. The Morgan fingerprint density at radius 3 is 1.76 bits per heavy atom. The molecule has 0 saturated carbocycles. The third-order valence-electron chi connectivity index (χ3n) is 10.4. The van der Waals surface area contributed by atoms with Gasteiger partial charge in [-0.2, -0.15) is 0 Å². The van der Waals surface area contributed by atoms with Crippen LogP contribution in [-0.4, -0.2) is 4.70 Å². The van der Waals surface area contributed by atoms with Crippen molar-refractivity contribution < 1.29 is 4.70 Å². The molecule has 0 amide bonds. The molecule has 0 spiro atoms. The van der Waals surface area contributed by atoms with Crippen molar-refractivity contribution in [3.63, 3.8) is 0 Å². The van der Waals surface area contributed by atoms with Gasteiger partial charge in [0, 0.05) is 22.8 Å². The molecular formula is C47H72N2. The number of rotatable bonds is 29. The number of unbranched alkanes of at least 4 members (excludes halogenated alkanes) is 19. The molecule has 270 valence electrons. The van der Waals surface area contributed by atoms with Crippen LogP contribution in [0.3, 0.4) is 0 Å². The lowest BCUT2D eigenvalue weighted by Gasteiger charge is -2.13. The lowest BCUT2D eigenvalue weighted by Crippen LogP contribution is -2.05. The molecule has 0 aromatic heterocycles. The van der Waals surface area contributed by atoms with E-state index in [0.29, 0.717) is 0 Å². The second-order valence-corrected chi connectivity index (χ2v) is 14.7. The molecule has 2 aromatic carbocycles. The fourth-order valence-electron chi connectivity index (χ4n) is 7.33. The topological polar surface area (TPSA) is 25.3 Å². The Labute approximate surface area is 303 Å². The van der Waals surface area contributed by atoms with Crippen LogP contribution in [0.15, 0.2) is 72.3 Å². The normalized spacial score (nSPS) is 13.3. The Balaban J connectivity index is 1.37. The van der Waals surface area contributed by atoms with Crippen LogP contribution in [0.2, 0.25) is 0 Å². The Morgan fingerprint density at radius 1 is 0.531 bits per heavy atom. The number of hydrogen-bond acceptors (Lipinski definition) is 0. The summed E-state index contributed by atoms with van der Waals surface area (Å²) in [5.74, 6) is 0. The van der Waals surface area contributed by atoms with E-state index in [0.717, 1.165) is 67.5 Å². The monoisotopic (exact) mass is 665 g/mol. The van der Waals surface area contributed by atoms with E-state index in [1.807, 2.05) is 0 Å². The molecule has 1 aliphatic heterocycles. The van der Waals surface area contributed by atoms with Crippen LogP contribution >= 0.6 is 0 Å². The van der Waals surface area contributed by atoms with Crippen LogP contribution < -0.4 is 0 Å². The molecule has 0 saturated heterocycles. The van der Waals surface area contributed by atoms with E-state index >= 15 is 0 Å². The molecule has 0 radical (unpaired) electrons. The molecule has 0 N–H and O–H groups in total. The van der Waals surface area contributed by atoms with Crippen molar-refractivity contribution in [1.29, 1.82) is 0 Å². The number of hydrogen-bond donors (Lipinski definition) is 0. The van der Waals surface area contributed by atoms with Gasteiger partial charge in [0.1, 0.15) is 0 Å². The lowest BCUT2D eigenvalue weighted by atomic mass is 9.98. The van der Waals surface area contributed by atoms with Crippen molar-refractivity contribution in [2.45, 2.75) is 188 Å². The highest BCUT2D eigenvalue weighted by Gasteiger charge is 2.29. The fourth-order valence-corrected chi connectivity index (χ4v) is 7.33. The van der Waals surface area contributed by atoms with Gasteiger partial charge >= 0.3 is 0 Å². The van der Waals surface area contributed by atoms with Gasteiger partial charge in [0.15, 0.2) is 0 Å². The SMILES string of the molecule is CCCCCCCCCCCCCCCCCC=CCCCc1ccccc1C1=CC(CCCC)=C(c2cccc(CCCCC)c2)[N+]1=[N-]. The molecule has 3 rings (SSSR count). The molecule has 2 heteroatoms. The van der Waals surface area contributed by atoms with E-state index in [1.54, 1.807) is 0 Å². The van der Waals surface area contributed by atoms with Crippen LogP contribution in [0.5, 0.6) is 0 Å². The first-order valence-corrected chi connectivity index (χ1v) is 21.0. The highest BCUT2D eigenvalue weighted by molar-refractivity contribution is 5.79. The molecular weight excluding hydrogens is 593 g/mol. The third-order valence-corrected chi connectivity index (χ3v) is 10.4. The Bertz CT molecular complexity index is 1280. The van der Waals surface area contributed by atoms with Crippen molar-refractivity contribution in [2.24, 2.45) is 0 Å². The van der Waals surface area contributed by atoms with Gasteiger partial charge in [-0.1, -0.05) is 172 Å². The molecule has 0 aliphatic carbocycles. The number of aryl methyl sites for hydroxylation is 2. The van der Waals surface area contributed by atoms with E-state index in [4.69, 9.17) is 0 Å². The first-order chi connectivity index (χ1) is 24.2. The third kappa shape index (κ3) is 15.8. The minimum absolute atomic E-state index is 0.928. The summed E-state index contributed by atoms with van der Waals surface area (Å²) in [4.78, 5) is 0. The zero-order valence-corrected chi connectivity index (χ0v) is 32.1. The predicted octanol–water partition coefficient (Wildman–Crippen LogP) is 15.5. The van der Waals surface area contributed by atoms with Crippen LogP contribution in [0.4, 0.5) is 0 Å². The second kappa shape index (κ2) is 26.1. The maximum Gasteiger partial charge on any atom is 0.210 e. The number of nitrogens with zero attached hydrogens (tertiary/aromatic N) is 2. The molecule has 0 fully saturated rings. The first-order valence-electron chi connectivity index (χ1n) is 21.0. The standard InChI is InChI=1S/C47H72N2/c1-4-7-10-11-12-13-14-15-16-17-18-19-20-21-22-23-24-25-26-28-35-42-36-29-30-38-45(42)46-40-44(34-9-6-3)47(49(46)48)43-37-31-33-41(39-43)32-27-8-5-2/h24-25,29-31,33,36-40H,4-23,26-28,32,34-35H2,1-3H3. The predicted molar refractivity (Wildman–Crippen MR) is 216 cm³/mol. The summed E-state index contributed by atoms with van der Waals surface area (Å²) in [5, 5.41) is 0. The van der Waals surface area contributed by atoms with Crippen molar-refractivity contribution in [3.05, 3.63) is 100 Å². The molecule has 0 unspecified atom stereocenters.